The van der Waals surface area contributed by atoms with Gasteiger partial charge >= 0.3 is 0 Å². The van der Waals surface area contributed by atoms with Crippen molar-refractivity contribution in [2.24, 2.45) is 5.41 Å². The van der Waals surface area contributed by atoms with Gasteiger partial charge in [-0.05, 0) is 43.7 Å². The van der Waals surface area contributed by atoms with Crippen molar-refractivity contribution in [1.29, 1.82) is 0 Å². The van der Waals surface area contributed by atoms with Crippen molar-refractivity contribution in [2.45, 2.75) is 65.3 Å². The van der Waals surface area contributed by atoms with E-state index in [1.807, 2.05) is 0 Å². The smallest absolute Gasteiger partial charge is 0.163 e. The Bertz CT molecular complexity index is 478. The Balaban J connectivity index is 2.38. The summed E-state index contributed by atoms with van der Waals surface area (Å²) >= 11 is 0. The summed E-state index contributed by atoms with van der Waals surface area (Å²) in [6.07, 6.45) is 6.74. The molecule has 1 fully saturated rings. The summed E-state index contributed by atoms with van der Waals surface area (Å²) in [6.45, 7) is 6.75. The van der Waals surface area contributed by atoms with E-state index in [1.54, 1.807) is 19.1 Å². The van der Waals surface area contributed by atoms with Gasteiger partial charge in [-0.15, -0.1) is 0 Å². The largest absolute Gasteiger partial charge is 0.309 e. The van der Waals surface area contributed by atoms with Crippen molar-refractivity contribution in [3.63, 3.8) is 0 Å². The van der Waals surface area contributed by atoms with Crippen LogP contribution in [0.5, 0.6) is 0 Å². The van der Waals surface area contributed by atoms with Crippen LogP contribution in [0.1, 0.15) is 69.5 Å². The van der Waals surface area contributed by atoms with Gasteiger partial charge in [-0.2, -0.15) is 0 Å². The van der Waals surface area contributed by atoms with Gasteiger partial charge in [-0.3, -0.25) is 0 Å². The summed E-state index contributed by atoms with van der Waals surface area (Å²) in [4.78, 5) is 0. The zero-order valence-electron chi connectivity index (χ0n) is 13.4. The van der Waals surface area contributed by atoms with Gasteiger partial charge in [0.05, 0.1) is 0 Å². The van der Waals surface area contributed by atoms with E-state index < -0.39 is 11.6 Å². The molecule has 1 aromatic rings. The van der Waals surface area contributed by atoms with Crippen LogP contribution in [0.3, 0.4) is 0 Å². The number of halogens is 2. The van der Waals surface area contributed by atoms with E-state index >= 15 is 0 Å². The highest BCUT2D eigenvalue weighted by Crippen LogP contribution is 2.46. The lowest BCUT2D eigenvalue weighted by atomic mass is 9.68. The molecule has 3 heteroatoms. The first kappa shape index (κ1) is 16.4. The molecule has 0 amide bonds. The fraction of sp³-hybridized carbons (Fsp3) is 0.667. The van der Waals surface area contributed by atoms with Gasteiger partial charge < -0.3 is 5.32 Å². The molecule has 0 bridgehead atoms. The predicted molar refractivity (Wildman–Crippen MR) is 83.3 cm³/mol. The fourth-order valence-corrected chi connectivity index (χ4v) is 3.55. The molecule has 1 saturated carbocycles. The van der Waals surface area contributed by atoms with Gasteiger partial charge in [-0.1, -0.05) is 45.2 Å². The Morgan fingerprint density at radius 2 is 1.81 bits per heavy atom. The zero-order valence-corrected chi connectivity index (χ0v) is 13.4. The lowest BCUT2D eigenvalue weighted by Crippen LogP contribution is -2.38. The highest BCUT2D eigenvalue weighted by atomic mass is 19.2. The number of rotatable bonds is 5. The van der Waals surface area contributed by atoms with Crippen molar-refractivity contribution in [2.75, 3.05) is 6.54 Å². The monoisotopic (exact) mass is 295 g/mol. The molecule has 1 nitrogen and oxygen atoms in total. The standard InChI is InChI=1S/C18H27F2N/c1-4-12-21-17(18(3)10-6-5-7-11-18)14-9-8-13(2)15(19)16(14)20/h8-9,17,21H,4-7,10-12H2,1-3H3. The Hall–Kier alpha value is -0.960. The summed E-state index contributed by atoms with van der Waals surface area (Å²) in [5.74, 6) is -1.37. The summed E-state index contributed by atoms with van der Waals surface area (Å²) < 4.78 is 28.4. The van der Waals surface area contributed by atoms with E-state index in [9.17, 15) is 8.78 Å². The van der Waals surface area contributed by atoms with Gasteiger partial charge in [0.2, 0.25) is 0 Å². The average Bonchev–Trinajstić information content (AvgIpc) is 2.48. The van der Waals surface area contributed by atoms with Crippen LogP contribution in [0.4, 0.5) is 8.78 Å². The maximum atomic E-state index is 14.4. The summed E-state index contributed by atoms with van der Waals surface area (Å²) in [7, 11) is 0. The number of nitrogens with one attached hydrogen (secondary N) is 1. The molecule has 0 heterocycles. The second-order valence-corrected chi connectivity index (χ2v) is 6.70. The predicted octanol–water partition coefficient (Wildman–Crippen LogP) is 5.28. The third kappa shape index (κ3) is 3.45. The minimum absolute atomic E-state index is 0.00988. The van der Waals surface area contributed by atoms with Crippen LogP contribution in [0.25, 0.3) is 0 Å². The number of benzene rings is 1. The molecule has 1 unspecified atom stereocenters. The molecule has 21 heavy (non-hydrogen) atoms. The van der Waals surface area contributed by atoms with E-state index in [2.05, 4.69) is 19.2 Å². The van der Waals surface area contributed by atoms with Gasteiger partial charge in [0.25, 0.3) is 0 Å². The molecule has 0 saturated heterocycles. The number of hydrogen-bond acceptors (Lipinski definition) is 1. The third-order valence-corrected chi connectivity index (χ3v) is 4.91. The first-order chi connectivity index (χ1) is 9.99. The van der Waals surface area contributed by atoms with Gasteiger partial charge in [-0.25, -0.2) is 8.78 Å². The Morgan fingerprint density at radius 1 is 1.14 bits per heavy atom. The molecule has 0 aromatic heterocycles. The molecule has 1 aliphatic rings. The van der Waals surface area contributed by atoms with E-state index in [0.29, 0.717) is 11.1 Å². The fourth-order valence-electron chi connectivity index (χ4n) is 3.55. The third-order valence-electron chi connectivity index (χ3n) is 4.91. The van der Waals surface area contributed by atoms with Crippen LogP contribution in [0.2, 0.25) is 0 Å². The normalized spacial score (nSPS) is 19.5. The van der Waals surface area contributed by atoms with Crippen LogP contribution < -0.4 is 5.32 Å². The molecule has 1 atom stereocenters. The van der Waals surface area contributed by atoms with Crippen LogP contribution in [-0.4, -0.2) is 6.54 Å². The average molecular weight is 295 g/mol. The maximum Gasteiger partial charge on any atom is 0.163 e. The molecule has 1 aliphatic carbocycles. The van der Waals surface area contributed by atoms with Crippen LogP contribution in [-0.2, 0) is 0 Å². The second-order valence-electron chi connectivity index (χ2n) is 6.70. The van der Waals surface area contributed by atoms with Gasteiger partial charge in [0.15, 0.2) is 11.6 Å². The Kier molecular flexibility index (Phi) is 5.37. The first-order valence-electron chi connectivity index (χ1n) is 8.17. The molecule has 118 valence electrons. The molecule has 0 radical (unpaired) electrons. The van der Waals surface area contributed by atoms with E-state index in [0.717, 1.165) is 25.8 Å². The molecule has 0 spiro atoms. The van der Waals surface area contributed by atoms with E-state index in [4.69, 9.17) is 0 Å². The lowest BCUT2D eigenvalue weighted by Gasteiger charge is -2.42. The van der Waals surface area contributed by atoms with E-state index in [-0.39, 0.29) is 11.5 Å². The SMILES string of the molecule is CCCNC(c1ccc(C)c(F)c1F)C1(C)CCCCC1. The highest BCUT2D eigenvalue weighted by Gasteiger charge is 2.37. The molecule has 2 rings (SSSR count). The topological polar surface area (TPSA) is 12.0 Å². The quantitative estimate of drug-likeness (QED) is 0.779. The number of aryl methyl sites for hydroxylation is 1. The summed E-state index contributed by atoms with van der Waals surface area (Å²) in [5.41, 5.74) is 0.880. The first-order valence-corrected chi connectivity index (χ1v) is 8.17. The lowest BCUT2D eigenvalue weighted by molar-refractivity contribution is 0.141. The molecular weight excluding hydrogens is 268 g/mol. The van der Waals surface area contributed by atoms with Crippen molar-refractivity contribution in [1.82, 2.24) is 5.32 Å². The Morgan fingerprint density at radius 3 is 2.43 bits per heavy atom. The van der Waals surface area contributed by atoms with Crippen molar-refractivity contribution in [3.8, 4) is 0 Å². The van der Waals surface area contributed by atoms with Crippen LogP contribution >= 0.6 is 0 Å². The van der Waals surface area contributed by atoms with Gasteiger partial charge in [0, 0.05) is 11.6 Å². The minimum Gasteiger partial charge on any atom is -0.309 e. The van der Waals surface area contributed by atoms with E-state index in [1.165, 1.54) is 19.3 Å². The zero-order chi connectivity index (χ0) is 15.5. The van der Waals surface area contributed by atoms with Crippen LogP contribution in [0.15, 0.2) is 12.1 Å². The van der Waals surface area contributed by atoms with Crippen molar-refractivity contribution < 1.29 is 8.78 Å². The van der Waals surface area contributed by atoms with Crippen LogP contribution in [0, 0.1) is 24.0 Å². The van der Waals surface area contributed by atoms with Gasteiger partial charge in [0.1, 0.15) is 0 Å². The Labute approximate surface area is 127 Å². The van der Waals surface area contributed by atoms with Crippen molar-refractivity contribution >= 4 is 0 Å². The summed E-state index contributed by atoms with van der Waals surface area (Å²) in [5, 5.41) is 3.48. The second kappa shape index (κ2) is 6.87. The molecule has 1 aromatic carbocycles. The molecule has 1 N–H and O–H groups in total. The van der Waals surface area contributed by atoms with Crippen molar-refractivity contribution in [3.05, 3.63) is 34.9 Å². The maximum absolute atomic E-state index is 14.4. The number of hydrogen-bond donors (Lipinski definition) is 1. The minimum atomic E-state index is -0.699. The highest BCUT2D eigenvalue weighted by molar-refractivity contribution is 5.29. The summed E-state index contributed by atoms with van der Waals surface area (Å²) in [6, 6.07) is 3.36. The molecular formula is C18H27F2N. The molecule has 0 aliphatic heterocycles.